The summed E-state index contributed by atoms with van der Waals surface area (Å²) in [5.41, 5.74) is 0. The molecule has 20 heavy (non-hydrogen) atoms. The molecule has 112 valence electrons. The van der Waals surface area contributed by atoms with E-state index in [1.807, 2.05) is 0 Å². The smallest absolute Gasteiger partial charge is 0.262 e. The molecule has 1 aliphatic heterocycles. The van der Waals surface area contributed by atoms with Crippen LogP contribution in [0.5, 0.6) is 0 Å². The molecule has 2 heterocycles. The Kier molecular flexibility index (Phi) is 4.11. The summed E-state index contributed by atoms with van der Waals surface area (Å²) in [6.45, 7) is 2.78. The second-order valence-corrected chi connectivity index (χ2v) is 6.52. The van der Waals surface area contributed by atoms with Crippen LogP contribution in [-0.4, -0.2) is 60.9 Å². The Labute approximate surface area is 118 Å². The molecule has 0 saturated carbocycles. The zero-order valence-corrected chi connectivity index (χ0v) is 12.6. The predicted molar refractivity (Wildman–Crippen MR) is 72.6 cm³/mol. The predicted octanol–water partition coefficient (Wildman–Crippen LogP) is -1.56. The number of hydrogen-bond donors (Lipinski definition) is 2. The molecule has 0 aromatic carbocycles. The second kappa shape index (κ2) is 5.51. The number of carbonyl (C=O) groups is 1. The van der Waals surface area contributed by atoms with Crippen LogP contribution in [-0.2, 0) is 21.9 Å². The molecule has 9 heteroatoms. The van der Waals surface area contributed by atoms with Gasteiger partial charge in [-0.3, -0.25) is 4.79 Å². The summed E-state index contributed by atoms with van der Waals surface area (Å²) in [7, 11) is -0.543. The molecular formula is C11H19N5O3S. The number of amides is 1. The first-order valence-electron chi connectivity index (χ1n) is 6.32. The van der Waals surface area contributed by atoms with Gasteiger partial charge in [-0.25, -0.2) is 13.4 Å². The van der Waals surface area contributed by atoms with E-state index < -0.39 is 16.1 Å². The van der Waals surface area contributed by atoms with E-state index in [1.165, 1.54) is 17.5 Å². The first-order chi connectivity index (χ1) is 9.37. The number of aryl methyl sites for hydroxylation is 2. The number of imidazole rings is 1. The number of hydrogen-bond acceptors (Lipinski definition) is 5. The standard InChI is InChI=1S/C11H19N5O3S/c1-8-14-10(7-15(8)3)20(18,19)16-5-4-13-6-9(16)11(17)12-2/h7,9,13H,4-6H2,1-3H3,(H,12,17). The first kappa shape index (κ1) is 14.9. The molecule has 0 aliphatic carbocycles. The fraction of sp³-hybridized carbons (Fsp3) is 0.636. The molecule has 2 N–H and O–H groups in total. The maximum atomic E-state index is 12.6. The second-order valence-electron chi connectivity index (χ2n) is 4.69. The Morgan fingerprint density at radius 2 is 2.25 bits per heavy atom. The molecule has 1 aromatic rings. The van der Waals surface area contributed by atoms with E-state index in [0.717, 1.165) is 0 Å². The highest BCUT2D eigenvalue weighted by molar-refractivity contribution is 7.89. The van der Waals surface area contributed by atoms with E-state index >= 15 is 0 Å². The van der Waals surface area contributed by atoms with Gasteiger partial charge in [0.2, 0.25) is 5.91 Å². The van der Waals surface area contributed by atoms with Crippen molar-refractivity contribution in [2.75, 3.05) is 26.7 Å². The molecule has 2 rings (SSSR count). The molecule has 1 fully saturated rings. The highest BCUT2D eigenvalue weighted by Crippen LogP contribution is 2.18. The molecular weight excluding hydrogens is 282 g/mol. The van der Waals surface area contributed by atoms with Gasteiger partial charge in [-0.05, 0) is 6.92 Å². The van der Waals surface area contributed by atoms with E-state index in [9.17, 15) is 13.2 Å². The number of rotatable bonds is 3. The number of sulfonamides is 1. The van der Waals surface area contributed by atoms with Gasteiger partial charge < -0.3 is 15.2 Å². The summed E-state index contributed by atoms with van der Waals surface area (Å²) in [4.78, 5) is 15.9. The first-order valence-corrected chi connectivity index (χ1v) is 7.76. The van der Waals surface area contributed by atoms with Gasteiger partial charge in [0, 0.05) is 39.9 Å². The zero-order chi connectivity index (χ0) is 14.9. The van der Waals surface area contributed by atoms with E-state index in [4.69, 9.17) is 0 Å². The third-order valence-corrected chi connectivity index (χ3v) is 5.18. The molecule has 8 nitrogen and oxygen atoms in total. The monoisotopic (exact) mass is 301 g/mol. The fourth-order valence-electron chi connectivity index (χ4n) is 2.13. The Bertz CT molecular complexity index is 590. The van der Waals surface area contributed by atoms with Crippen LogP contribution in [0.15, 0.2) is 11.2 Å². The van der Waals surface area contributed by atoms with E-state index in [-0.39, 0.29) is 17.5 Å². The summed E-state index contributed by atoms with van der Waals surface area (Å²) in [6.07, 6.45) is 1.47. The molecule has 0 radical (unpaired) electrons. The molecule has 1 atom stereocenters. The van der Waals surface area contributed by atoms with E-state index in [2.05, 4.69) is 15.6 Å². The Morgan fingerprint density at radius 1 is 1.55 bits per heavy atom. The Hall–Kier alpha value is -1.45. The number of carbonyl (C=O) groups excluding carboxylic acids is 1. The lowest BCUT2D eigenvalue weighted by Crippen LogP contribution is -2.59. The van der Waals surface area contributed by atoms with Crippen LogP contribution in [0.2, 0.25) is 0 Å². The van der Waals surface area contributed by atoms with E-state index in [1.54, 1.807) is 18.5 Å². The van der Waals surface area contributed by atoms with Gasteiger partial charge in [-0.2, -0.15) is 4.31 Å². The fourth-order valence-corrected chi connectivity index (χ4v) is 3.75. The third kappa shape index (κ3) is 2.56. The van der Waals surface area contributed by atoms with Crippen molar-refractivity contribution in [3.8, 4) is 0 Å². The highest BCUT2D eigenvalue weighted by atomic mass is 32.2. The number of nitrogens with one attached hydrogen (secondary N) is 2. The van der Waals surface area contributed by atoms with Gasteiger partial charge >= 0.3 is 0 Å². The van der Waals surface area contributed by atoms with Crippen LogP contribution in [0.1, 0.15) is 5.82 Å². The Balaban J connectivity index is 2.37. The molecule has 1 amide bonds. The van der Waals surface area contributed by atoms with Gasteiger partial charge in [-0.15, -0.1) is 0 Å². The van der Waals surface area contributed by atoms with Crippen LogP contribution < -0.4 is 10.6 Å². The van der Waals surface area contributed by atoms with Gasteiger partial charge in [0.15, 0.2) is 5.03 Å². The van der Waals surface area contributed by atoms with Crippen molar-refractivity contribution in [2.24, 2.45) is 7.05 Å². The van der Waals surface area contributed by atoms with Crippen LogP contribution >= 0.6 is 0 Å². The number of nitrogens with zero attached hydrogens (tertiary/aromatic N) is 3. The summed E-state index contributed by atoms with van der Waals surface area (Å²) in [5.74, 6) is 0.281. The topological polar surface area (TPSA) is 96.3 Å². The minimum absolute atomic E-state index is 0.0201. The van der Waals surface area contributed by atoms with Gasteiger partial charge in [-0.1, -0.05) is 0 Å². The quantitative estimate of drug-likeness (QED) is 0.704. The Morgan fingerprint density at radius 3 is 2.80 bits per heavy atom. The SMILES string of the molecule is CNC(=O)C1CNCCN1S(=O)(=O)c1cn(C)c(C)n1. The largest absolute Gasteiger partial charge is 0.358 e. The van der Waals surface area contributed by atoms with Crippen molar-refractivity contribution >= 4 is 15.9 Å². The van der Waals surface area contributed by atoms with Crippen molar-refractivity contribution in [1.82, 2.24) is 24.5 Å². The molecule has 1 saturated heterocycles. The summed E-state index contributed by atoms with van der Waals surface area (Å²) in [5, 5.41) is 5.50. The molecule has 0 spiro atoms. The minimum atomic E-state index is -3.77. The minimum Gasteiger partial charge on any atom is -0.358 e. The maximum Gasteiger partial charge on any atom is 0.262 e. The average molecular weight is 301 g/mol. The lowest BCUT2D eigenvalue weighted by Gasteiger charge is -2.33. The molecule has 1 unspecified atom stereocenters. The van der Waals surface area contributed by atoms with Crippen molar-refractivity contribution in [3.05, 3.63) is 12.0 Å². The average Bonchev–Trinajstić information content (AvgIpc) is 2.78. The number of likely N-dealkylation sites (N-methyl/N-ethyl adjacent to an activating group) is 1. The summed E-state index contributed by atoms with van der Waals surface area (Å²) in [6, 6.07) is -0.749. The van der Waals surface area contributed by atoms with Crippen molar-refractivity contribution in [1.29, 1.82) is 0 Å². The number of piperazine rings is 1. The van der Waals surface area contributed by atoms with Crippen molar-refractivity contribution in [3.63, 3.8) is 0 Å². The van der Waals surface area contributed by atoms with E-state index in [0.29, 0.717) is 18.9 Å². The van der Waals surface area contributed by atoms with Crippen molar-refractivity contribution < 1.29 is 13.2 Å². The summed E-state index contributed by atoms with van der Waals surface area (Å²) >= 11 is 0. The van der Waals surface area contributed by atoms with Gasteiger partial charge in [0.1, 0.15) is 11.9 Å². The van der Waals surface area contributed by atoms with Gasteiger partial charge in [0.25, 0.3) is 10.0 Å². The molecule has 0 bridgehead atoms. The van der Waals surface area contributed by atoms with Crippen LogP contribution in [0.25, 0.3) is 0 Å². The maximum absolute atomic E-state index is 12.6. The van der Waals surface area contributed by atoms with Crippen LogP contribution in [0.4, 0.5) is 0 Å². The molecule has 1 aliphatic rings. The van der Waals surface area contributed by atoms with Crippen molar-refractivity contribution in [2.45, 2.75) is 18.0 Å². The van der Waals surface area contributed by atoms with Crippen LogP contribution in [0.3, 0.4) is 0 Å². The van der Waals surface area contributed by atoms with Gasteiger partial charge in [0.05, 0.1) is 0 Å². The zero-order valence-electron chi connectivity index (χ0n) is 11.8. The molecule has 1 aromatic heterocycles. The third-order valence-electron chi connectivity index (χ3n) is 3.40. The highest BCUT2D eigenvalue weighted by Gasteiger charge is 2.38. The summed E-state index contributed by atoms with van der Waals surface area (Å²) < 4.78 is 28.1. The van der Waals surface area contributed by atoms with Crippen LogP contribution in [0, 0.1) is 6.92 Å². The normalized spacial score (nSPS) is 20.9. The lowest BCUT2D eigenvalue weighted by atomic mass is 10.2. The number of aromatic nitrogens is 2. The lowest BCUT2D eigenvalue weighted by molar-refractivity contribution is -0.124.